The highest BCUT2D eigenvalue weighted by molar-refractivity contribution is 5.38. The molecule has 84 valence electrons. The Morgan fingerprint density at radius 2 is 1.65 bits per heavy atom. The summed E-state index contributed by atoms with van der Waals surface area (Å²) < 4.78 is 11.3. The van der Waals surface area contributed by atoms with Crippen LogP contribution >= 0.6 is 0 Å². The third-order valence-electron chi connectivity index (χ3n) is 2.63. The van der Waals surface area contributed by atoms with E-state index in [1.165, 1.54) is 5.56 Å². The fourth-order valence-corrected chi connectivity index (χ4v) is 1.78. The zero-order valence-corrected chi connectivity index (χ0v) is 9.30. The van der Waals surface area contributed by atoms with Crippen LogP contribution in [0.2, 0.25) is 0 Å². The van der Waals surface area contributed by atoms with E-state index in [4.69, 9.17) is 9.47 Å². The number of allylic oxidation sites excluding steroid dienone is 1. The molecule has 0 fully saturated rings. The minimum absolute atomic E-state index is 0.551. The molecule has 3 rings (SSSR count). The van der Waals surface area contributed by atoms with Gasteiger partial charge in [0.2, 0.25) is 0 Å². The molecule has 0 atom stereocenters. The van der Waals surface area contributed by atoms with E-state index in [-0.39, 0.29) is 0 Å². The van der Waals surface area contributed by atoms with Gasteiger partial charge >= 0.3 is 0 Å². The van der Waals surface area contributed by atoms with E-state index >= 15 is 0 Å². The zero-order chi connectivity index (χ0) is 11.5. The lowest BCUT2D eigenvalue weighted by atomic mass is 10.1. The maximum Gasteiger partial charge on any atom is 0.286 e. The van der Waals surface area contributed by atoms with Crippen LogP contribution in [0, 0.1) is 0 Å². The molecule has 2 aromatic rings. The first-order chi connectivity index (χ1) is 8.42. The van der Waals surface area contributed by atoms with Crippen LogP contribution in [-0.2, 0) is 6.42 Å². The number of hydrogen-bond acceptors (Lipinski definition) is 2. The van der Waals surface area contributed by atoms with Crippen LogP contribution in [0.3, 0.4) is 0 Å². The Morgan fingerprint density at radius 1 is 0.882 bits per heavy atom. The second-order valence-electron chi connectivity index (χ2n) is 3.85. The van der Waals surface area contributed by atoms with Gasteiger partial charge in [0, 0.05) is 12.5 Å². The van der Waals surface area contributed by atoms with Crippen molar-refractivity contribution in [1.29, 1.82) is 0 Å². The maximum atomic E-state index is 5.67. The Hall–Kier alpha value is -2.22. The number of para-hydroxylation sites is 2. The molecule has 2 heteroatoms. The van der Waals surface area contributed by atoms with Crippen LogP contribution in [0.25, 0.3) is 0 Å². The second-order valence-corrected chi connectivity index (χ2v) is 3.85. The molecule has 2 aromatic carbocycles. The van der Waals surface area contributed by atoms with Crippen molar-refractivity contribution >= 4 is 0 Å². The Balaban J connectivity index is 1.78. The fourth-order valence-electron chi connectivity index (χ4n) is 1.78. The monoisotopic (exact) mass is 224 g/mol. The zero-order valence-electron chi connectivity index (χ0n) is 9.30. The van der Waals surface area contributed by atoms with E-state index in [0.29, 0.717) is 5.95 Å². The predicted molar refractivity (Wildman–Crippen MR) is 65.9 cm³/mol. The molecule has 0 unspecified atom stereocenters. The number of hydrogen-bond donors (Lipinski definition) is 0. The van der Waals surface area contributed by atoms with E-state index in [1.807, 2.05) is 54.6 Å². The van der Waals surface area contributed by atoms with Crippen LogP contribution in [0.15, 0.2) is 66.6 Å². The summed E-state index contributed by atoms with van der Waals surface area (Å²) >= 11 is 0. The number of fused-ring (bicyclic) bond motifs is 1. The smallest absolute Gasteiger partial charge is 0.286 e. The molecule has 0 aliphatic carbocycles. The summed E-state index contributed by atoms with van der Waals surface area (Å²) in [5.41, 5.74) is 1.19. The highest BCUT2D eigenvalue weighted by Gasteiger charge is 2.12. The first-order valence-electron chi connectivity index (χ1n) is 5.61. The maximum absolute atomic E-state index is 5.67. The average Bonchev–Trinajstić information content (AvgIpc) is 2.40. The number of rotatable bonds is 2. The molecule has 0 aromatic heterocycles. The van der Waals surface area contributed by atoms with E-state index in [0.717, 1.165) is 17.9 Å². The molecular formula is C15H12O2. The summed E-state index contributed by atoms with van der Waals surface area (Å²) in [5, 5.41) is 0. The lowest BCUT2D eigenvalue weighted by molar-refractivity contribution is 0.218. The van der Waals surface area contributed by atoms with Gasteiger partial charge < -0.3 is 9.47 Å². The largest absolute Gasteiger partial charge is 0.426 e. The molecule has 0 saturated carbocycles. The summed E-state index contributed by atoms with van der Waals surface area (Å²) in [6, 6.07) is 17.6. The SMILES string of the molecule is C1=C(Oc2ccccc2)Oc2ccccc2C1. The quantitative estimate of drug-likeness (QED) is 0.776. The molecule has 17 heavy (non-hydrogen) atoms. The van der Waals surface area contributed by atoms with Gasteiger partial charge in [-0.3, -0.25) is 0 Å². The van der Waals surface area contributed by atoms with Crippen molar-refractivity contribution in [2.24, 2.45) is 0 Å². The molecule has 2 nitrogen and oxygen atoms in total. The molecule has 0 N–H and O–H groups in total. The van der Waals surface area contributed by atoms with Gasteiger partial charge in [-0.15, -0.1) is 0 Å². The van der Waals surface area contributed by atoms with Crippen LogP contribution < -0.4 is 9.47 Å². The highest BCUT2D eigenvalue weighted by atomic mass is 16.7. The van der Waals surface area contributed by atoms with Crippen molar-refractivity contribution in [2.45, 2.75) is 6.42 Å². The Bertz CT molecular complexity index is 544. The number of ether oxygens (including phenoxy) is 2. The first kappa shape index (κ1) is 9.97. The lowest BCUT2D eigenvalue weighted by Gasteiger charge is -2.17. The summed E-state index contributed by atoms with van der Waals surface area (Å²) in [6.07, 6.45) is 2.80. The molecule has 0 saturated heterocycles. The lowest BCUT2D eigenvalue weighted by Crippen LogP contribution is -2.09. The fraction of sp³-hybridized carbons (Fsp3) is 0.0667. The average molecular weight is 224 g/mol. The van der Waals surface area contributed by atoms with Gasteiger partial charge in [0.05, 0.1) is 0 Å². The van der Waals surface area contributed by atoms with Gasteiger partial charge in [0.25, 0.3) is 5.95 Å². The van der Waals surface area contributed by atoms with Gasteiger partial charge in [-0.05, 0) is 23.8 Å². The van der Waals surface area contributed by atoms with Crippen molar-refractivity contribution in [3.63, 3.8) is 0 Å². The van der Waals surface area contributed by atoms with E-state index in [9.17, 15) is 0 Å². The van der Waals surface area contributed by atoms with Crippen LogP contribution in [0.4, 0.5) is 0 Å². The summed E-state index contributed by atoms with van der Waals surface area (Å²) in [4.78, 5) is 0. The standard InChI is InChI=1S/C15H12O2/c1-2-7-13(8-3-1)16-15-11-10-12-6-4-5-9-14(12)17-15/h1-9,11H,10H2. The summed E-state index contributed by atoms with van der Waals surface area (Å²) in [6.45, 7) is 0. The van der Waals surface area contributed by atoms with Crippen LogP contribution in [0.1, 0.15) is 5.56 Å². The van der Waals surface area contributed by atoms with Gasteiger partial charge in [-0.1, -0.05) is 36.4 Å². The molecule has 0 radical (unpaired) electrons. The van der Waals surface area contributed by atoms with Gasteiger partial charge in [-0.2, -0.15) is 0 Å². The molecule has 1 aliphatic heterocycles. The topological polar surface area (TPSA) is 18.5 Å². The highest BCUT2D eigenvalue weighted by Crippen LogP contribution is 2.27. The van der Waals surface area contributed by atoms with Gasteiger partial charge in [0.15, 0.2) is 0 Å². The Labute approximate surface area is 100 Å². The molecule has 0 spiro atoms. The Morgan fingerprint density at radius 3 is 2.53 bits per heavy atom. The minimum Gasteiger partial charge on any atom is -0.426 e. The van der Waals surface area contributed by atoms with Gasteiger partial charge in [0.1, 0.15) is 11.5 Å². The summed E-state index contributed by atoms with van der Waals surface area (Å²) in [5.74, 6) is 2.22. The first-order valence-corrected chi connectivity index (χ1v) is 5.61. The van der Waals surface area contributed by atoms with E-state index in [2.05, 4.69) is 6.07 Å². The predicted octanol–water partition coefficient (Wildman–Crippen LogP) is 3.54. The molecule has 1 aliphatic rings. The minimum atomic E-state index is 0.551. The van der Waals surface area contributed by atoms with Crippen molar-refractivity contribution < 1.29 is 9.47 Å². The second kappa shape index (κ2) is 4.34. The van der Waals surface area contributed by atoms with Crippen LogP contribution in [-0.4, -0.2) is 0 Å². The summed E-state index contributed by atoms with van der Waals surface area (Å²) in [7, 11) is 0. The van der Waals surface area contributed by atoms with Crippen molar-refractivity contribution in [3.05, 3.63) is 72.2 Å². The van der Waals surface area contributed by atoms with Crippen molar-refractivity contribution in [3.8, 4) is 11.5 Å². The van der Waals surface area contributed by atoms with Crippen molar-refractivity contribution in [2.75, 3.05) is 0 Å². The molecular weight excluding hydrogens is 212 g/mol. The third-order valence-corrected chi connectivity index (χ3v) is 2.63. The van der Waals surface area contributed by atoms with E-state index in [1.54, 1.807) is 0 Å². The number of benzene rings is 2. The molecule has 0 bridgehead atoms. The van der Waals surface area contributed by atoms with Crippen molar-refractivity contribution in [1.82, 2.24) is 0 Å². The normalized spacial score (nSPS) is 13.3. The molecule has 1 heterocycles. The molecule has 0 amide bonds. The Kier molecular flexibility index (Phi) is 2.54. The van der Waals surface area contributed by atoms with E-state index < -0.39 is 0 Å². The third kappa shape index (κ3) is 2.16. The van der Waals surface area contributed by atoms with Crippen LogP contribution in [0.5, 0.6) is 11.5 Å². The van der Waals surface area contributed by atoms with Gasteiger partial charge in [-0.25, -0.2) is 0 Å².